The molecular weight excluding hydrogens is 466 g/mol. The molecule has 1 aliphatic rings. The molecule has 9 nitrogen and oxygen atoms in total. The van der Waals surface area contributed by atoms with Crippen molar-refractivity contribution in [1.29, 1.82) is 0 Å². The molecule has 180 valence electrons. The maximum atomic E-state index is 13.0. The van der Waals surface area contributed by atoms with E-state index >= 15 is 0 Å². The summed E-state index contributed by atoms with van der Waals surface area (Å²) in [5.41, 5.74) is 0.830. The van der Waals surface area contributed by atoms with Crippen molar-refractivity contribution < 1.29 is 26.4 Å². The monoisotopic (exact) mass is 495 g/mol. The Labute approximate surface area is 195 Å². The highest BCUT2D eigenvalue weighted by Crippen LogP contribution is 2.29. The Morgan fingerprint density at radius 3 is 2.30 bits per heavy atom. The number of hydrogen-bond donors (Lipinski definition) is 2. The fourth-order valence-electron chi connectivity index (χ4n) is 3.61. The zero-order valence-electron chi connectivity index (χ0n) is 19.1. The van der Waals surface area contributed by atoms with E-state index in [1.165, 1.54) is 41.7 Å². The van der Waals surface area contributed by atoms with Crippen LogP contribution in [0.15, 0.2) is 46.2 Å². The molecule has 3 rings (SSSR count). The maximum absolute atomic E-state index is 13.0. The molecule has 0 aliphatic carbocycles. The molecule has 0 bridgehead atoms. The highest BCUT2D eigenvalue weighted by atomic mass is 32.2. The van der Waals surface area contributed by atoms with Crippen LogP contribution in [0.4, 0.5) is 5.69 Å². The van der Waals surface area contributed by atoms with Gasteiger partial charge in [0, 0.05) is 24.7 Å². The number of methoxy groups -OCH3 is 1. The predicted octanol–water partition coefficient (Wildman–Crippen LogP) is 2.73. The van der Waals surface area contributed by atoms with Gasteiger partial charge in [-0.15, -0.1) is 0 Å². The minimum absolute atomic E-state index is 0.0338. The highest BCUT2D eigenvalue weighted by molar-refractivity contribution is 7.89. The van der Waals surface area contributed by atoms with Crippen LogP contribution in [0.25, 0.3) is 0 Å². The van der Waals surface area contributed by atoms with Crippen LogP contribution in [0.1, 0.15) is 42.6 Å². The average Bonchev–Trinajstić information content (AvgIpc) is 3.29. The average molecular weight is 496 g/mol. The van der Waals surface area contributed by atoms with Gasteiger partial charge in [0.15, 0.2) is 0 Å². The molecule has 2 N–H and O–H groups in total. The summed E-state index contributed by atoms with van der Waals surface area (Å²) in [5.74, 6) is -0.318. The minimum atomic E-state index is -3.79. The van der Waals surface area contributed by atoms with Gasteiger partial charge in [-0.05, 0) is 69.5 Å². The molecule has 1 saturated heterocycles. The topological polar surface area (TPSA) is 122 Å². The van der Waals surface area contributed by atoms with Gasteiger partial charge in [0.2, 0.25) is 20.0 Å². The van der Waals surface area contributed by atoms with Crippen LogP contribution in [0, 0.1) is 6.92 Å². The third-order valence-electron chi connectivity index (χ3n) is 5.25. The normalized spacial score (nSPS) is 15.1. The summed E-state index contributed by atoms with van der Waals surface area (Å²) in [4.78, 5) is 13.0. The van der Waals surface area contributed by atoms with Crippen LogP contribution in [0.2, 0.25) is 0 Å². The van der Waals surface area contributed by atoms with Gasteiger partial charge in [-0.25, -0.2) is 21.6 Å². The number of nitrogens with one attached hydrogen (secondary N) is 2. The number of amides is 1. The van der Waals surface area contributed by atoms with E-state index in [4.69, 9.17) is 4.74 Å². The number of hydrogen-bond acceptors (Lipinski definition) is 6. The van der Waals surface area contributed by atoms with Crippen LogP contribution in [-0.2, 0) is 20.0 Å². The number of carbonyl (C=O) groups is 1. The number of sulfonamides is 2. The number of aryl methyl sites for hydroxylation is 1. The largest absolute Gasteiger partial charge is 0.495 e. The zero-order chi connectivity index (χ0) is 24.4. The van der Waals surface area contributed by atoms with Gasteiger partial charge < -0.3 is 10.1 Å². The predicted molar refractivity (Wildman–Crippen MR) is 126 cm³/mol. The van der Waals surface area contributed by atoms with E-state index in [1.54, 1.807) is 26.8 Å². The molecule has 0 unspecified atom stereocenters. The van der Waals surface area contributed by atoms with Gasteiger partial charge in [0.05, 0.1) is 22.6 Å². The van der Waals surface area contributed by atoms with Crippen molar-refractivity contribution in [1.82, 2.24) is 9.03 Å². The van der Waals surface area contributed by atoms with Crippen molar-refractivity contribution in [2.24, 2.45) is 0 Å². The molecule has 0 aromatic heterocycles. The molecule has 2 aromatic carbocycles. The molecule has 33 heavy (non-hydrogen) atoms. The number of carbonyl (C=O) groups excluding carboxylic acids is 1. The molecule has 0 saturated carbocycles. The van der Waals surface area contributed by atoms with Gasteiger partial charge in [-0.2, -0.15) is 4.31 Å². The van der Waals surface area contributed by atoms with Gasteiger partial charge in [0.1, 0.15) is 5.75 Å². The van der Waals surface area contributed by atoms with E-state index in [9.17, 15) is 21.6 Å². The summed E-state index contributed by atoms with van der Waals surface area (Å²) in [7, 11) is -6.10. The number of nitrogens with zero attached hydrogens (tertiary/aromatic N) is 1. The minimum Gasteiger partial charge on any atom is -0.495 e. The van der Waals surface area contributed by atoms with Crippen LogP contribution in [0.5, 0.6) is 5.75 Å². The lowest BCUT2D eigenvalue weighted by molar-refractivity contribution is 0.102. The van der Waals surface area contributed by atoms with Gasteiger partial charge in [-0.3, -0.25) is 4.79 Å². The Hall–Kier alpha value is -2.47. The van der Waals surface area contributed by atoms with Gasteiger partial charge in [0.25, 0.3) is 5.91 Å². The summed E-state index contributed by atoms with van der Waals surface area (Å²) in [6, 6.07) is 8.29. The molecule has 11 heteroatoms. The highest BCUT2D eigenvalue weighted by Gasteiger charge is 2.29. The van der Waals surface area contributed by atoms with Crippen molar-refractivity contribution in [3.05, 3.63) is 47.5 Å². The van der Waals surface area contributed by atoms with E-state index in [0.29, 0.717) is 18.7 Å². The smallest absolute Gasteiger partial charge is 0.255 e. The second kappa shape index (κ2) is 9.80. The summed E-state index contributed by atoms with van der Waals surface area (Å²) in [5, 5.41) is 2.65. The summed E-state index contributed by atoms with van der Waals surface area (Å²) in [6.45, 7) is 6.01. The van der Waals surface area contributed by atoms with E-state index in [2.05, 4.69) is 10.0 Å². The van der Waals surface area contributed by atoms with Crippen LogP contribution in [0.3, 0.4) is 0 Å². The van der Waals surface area contributed by atoms with Crippen LogP contribution < -0.4 is 14.8 Å². The Balaban J connectivity index is 1.94. The lowest BCUT2D eigenvalue weighted by Gasteiger charge is -2.18. The Bertz CT molecular complexity index is 1250. The van der Waals surface area contributed by atoms with Gasteiger partial charge >= 0.3 is 0 Å². The Morgan fingerprint density at radius 1 is 1.03 bits per heavy atom. The van der Waals surface area contributed by atoms with Crippen LogP contribution >= 0.6 is 0 Å². The van der Waals surface area contributed by atoms with E-state index < -0.39 is 26.0 Å². The zero-order valence-corrected chi connectivity index (χ0v) is 20.7. The number of ether oxygens (including phenoxy) is 1. The first-order valence-electron chi connectivity index (χ1n) is 10.6. The number of anilines is 1. The van der Waals surface area contributed by atoms with Crippen LogP contribution in [-0.4, -0.2) is 53.3 Å². The third kappa shape index (κ3) is 5.55. The standard InChI is InChI=1S/C22H29N3O6S2/c1-15(2)24-32(27,28)18-9-10-20(31-4)19(14-18)23-22(26)17-8-7-16(3)21(13-17)33(29,30)25-11-5-6-12-25/h7-10,13-15,24H,5-6,11-12H2,1-4H3,(H,23,26). The third-order valence-corrected chi connectivity index (χ3v) is 8.95. The van der Waals surface area contributed by atoms with Gasteiger partial charge in [-0.1, -0.05) is 6.07 Å². The first kappa shape index (κ1) is 25.2. The second-order valence-electron chi connectivity index (χ2n) is 8.18. The maximum Gasteiger partial charge on any atom is 0.255 e. The molecule has 1 fully saturated rings. The Morgan fingerprint density at radius 2 is 1.70 bits per heavy atom. The van der Waals surface area contributed by atoms with E-state index in [0.717, 1.165) is 12.8 Å². The lowest BCUT2D eigenvalue weighted by atomic mass is 10.1. The summed E-state index contributed by atoms with van der Waals surface area (Å²) >= 11 is 0. The quantitative estimate of drug-likeness (QED) is 0.581. The fraction of sp³-hybridized carbons (Fsp3) is 0.409. The molecule has 0 spiro atoms. The molecular formula is C22H29N3O6S2. The van der Waals surface area contributed by atoms with Crippen molar-refractivity contribution >= 4 is 31.6 Å². The van der Waals surface area contributed by atoms with E-state index in [1.807, 2.05) is 0 Å². The van der Waals surface area contributed by atoms with Crippen molar-refractivity contribution in [3.63, 3.8) is 0 Å². The van der Waals surface area contributed by atoms with E-state index in [-0.39, 0.29) is 32.8 Å². The summed E-state index contributed by atoms with van der Waals surface area (Å²) in [6.07, 6.45) is 1.62. The first-order valence-corrected chi connectivity index (χ1v) is 13.5. The number of rotatable bonds is 8. The van der Waals surface area contributed by atoms with Crippen molar-refractivity contribution in [3.8, 4) is 5.75 Å². The number of benzene rings is 2. The van der Waals surface area contributed by atoms with Crippen molar-refractivity contribution in [2.45, 2.75) is 49.4 Å². The molecule has 2 aromatic rings. The summed E-state index contributed by atoms with van der Waals surface area (Å²) < 4.78 is 60.3. The first-order chi connectivity index (χ1) is 15.5. The fourth-order valence-corrected chi connectivity index (χ4v) is 6.66. The lowest BCUT2D eigenvalue weighted by Crippen LogP contribution is -2.30. The molecule has 0 atom stereocenters. The second-order valence-corrected chi connectivity index (χ2v) is 11.8. The molecule has 0 radical (unpaired) electrons. The molecule has 1 amide bonds. The van der Waals surface area contributed by atoms with Crippen molar-refractivity contribution in [2.75, 3.05) is 25.5 Å². The molecule has 1 aliphatic heterocycles. The Kier molecular flexibility index (Phi) is 7.47. The SMILES string of the molecule is COc1ccc(S(=O)(=O)NC(C)C)cc1NC(=O)c1ccc(C)c(S(=O)(=O)N2CCCC2)c1. The molecule has 1 heterocycles.